The Kier molecular flexibility index (Phi) is 3.87. The van der Waals surface area contributed by atoms with Crippen LogP contribution >= 0.6 is 0 Å². The monoisotopic (exact) mass is 348 g/mol. The van der Waals surface area contributed by atoms with Crippen molar-refractivity contribution in [3.05, 3.63) is 35.2 Å². The van der Waals surface area contributed by atoms with Gasteiger partial charge in [-0.15, -0.1) is 0 Å². The van der Waals surface area contributed by atoms with Crippen LogP contribution in [0.4, 0.5) is 11.4 Å². The molecule has 7 nitrogen and oxygen atoms in total. The van der Waals surface area contributed by atoms with Gasteiger partial charge >= 0.3 is 0 Å². The zero-order chi connectivity index (χ0) is 17.6. The van der Waals surface area contributed by atoms with Gasteiger partial charge in [-0.3, -0.25) is 14.6 Å². The Morgan fingerprint density at radius 1 is 1.25 bits per heavy atom. The van der Waals surface area contributed by atoms with E-state index in [1.807, 2.05) is 13.8 Å². The minimum Gasteiger partial charge on any atom is -0.325 e. The number of hydrogen-bond donors (Lipinski definition) is 3. The van der Waals surface area contributed by atoms with E-state index in [0.29, 0.717) is 17.1 Å². The molecule has 0 radical (unpaired) electrons. The van der Waals surface area contributed by atoms with Gasteiger partial charge in [-0.1, -0.05) is 13.8 Å². The highest BCUT2D eigenvalue weighted by Crippen LogP contribution is 2.39. The van der Waals surface area contributed by atoms with Crippen LogP contribution in [0.2, 0.25) is 0 Å². The van der Waals surface area contributed by atoms with E-state index in [1.54, 1.807) is 32.0 Å². The molecule has 3 rings (SSSR count). The summed E-state index contributed by atoms with van der Waals surface area (Å²) in [5.41, 5.74) is 2.88. The first-order valence-corrected chi connectivity index (χ1v) is 9.18. The summed E-state index contributed by atoms with van der Waals surface area (Å²) < 4.78 is 27.8. The van der Waals surface area contributed by atoms with Crippen LogP contribution in [0.25, 0.3) is 0 Å². The molecular formula is C16H20N4O3S. The van der Waals surface area contributed by atoms with E-state index >= 15 is 0 Å². The van der Waals surface area contributed by atoms with E-state index in [4.69, 9.17) is 0 Å². The lowest BCUT2D eigenvalue weighted by Crippen LogP contribution is -2.17. The summed E-state index contributed by atoms with van der Waals surface area (Å²) in [7, 11) is -3.75. The maximum atomic E-state index is 12.6. The van der Waals surface area contributed by atoms with Crippen LogP contribution in [0.15, 0.2) is 23.1 Å². The number of H-pyrrole nitrogens is 1. The van der Waals surface area contributed by atoms with Gasteiger partial charge in [0.05, 0.1) is 17.3 Å². The average molecular weight is 348 g/mol. The number of nitrogens with one attached hydrogen (secondary N) is 3. The Morgan fingerprint density at radius 2 is 1.96 bits per heavy atom. The Hall–Kier alpha value is -2.35. The van der Waals surface area contributed by atoms with Gasteiger partial charge in [-0.05, 0) is 43.5 Å². The fourth-order valence-corrected chi connectivity index (χ4v) is 4.58. The predicted octanol–water partition coefficient (Wildman–Crippen LogP) is 2.52. The smallest absolute Gasteiger partial charge is 0.265 e. The van der Waals surface area contributed by atoms with Crippen LogP contribution in [-0.2, 0) is 14.8 Å². The zero-order valence-corrected chi connectivity index (χ0v) is 14.8. The van der Waals surface area contributed by atoms with E-state index in [0.717, 1.165) is 11.3 Å². The number of aromatic amines is 1. The van der Waals surface area contributed by atoms with Gasteiger partial charge in [0.1, 0.15) is 4.90 Å². The lowest BCUT2D eigenvalue weighted by atomic mass is 9.89. The summed E-state index contributed by atoms with van der Waals surface area (Å²) in [5, 5.41) is 9.44. The molecule has 1 aliphatic heterocycles. The van der Waals surface area contributed by atoms with Gasteiger partial charge in [0, 0.05) is 11.4 Å². The van der Waals surface area contributed by atoms with Crippen molar-refractivity contribution in [2.75, 3.05) is 10.0 Å². The maximum absolute atomic E-state index is 12.6. The predicted molar refractivity (Wildman–Crippen MR) is 91.5 cm³/mol. The molecule has 2 aromatic rings. The van der Waals surface area contributed by atoms with Crippen molar-refractivity contribution in [2.24, 2.45) is 5.92 Å². The molecular weight excluding hydrogens is 328 g/mol. The zero-order valence-electron chi connectivity index (χ0n) is 14.0. The fraction of sp³-hybridized carbons (Fsp3) is 0.375. The maximum Gasteiger partial charge on any atom is 0.265 e. The molecule has 1 atom stereocenters. The number of hydrogen-bond acceptors (Lipinski definition) is 4. The molecule has 1 aliphatic rings. The molecule has 1 aromatic heterocycles. The minimum atomic E-state index is -3.75. The van der Waals surface area contributed by atoms with Gasteiger partial charge in [0.15, 0.2) is 0 Å². The molecule has 8 heteroatoms. The van der Waals surface area contributed by atoms with Crippen molar-refractivity contribution >= 4 is 27.3 Å². The van der Waals surface area contributed by atoms with Gasteiger partial charge in [-0.25, -0.2) is 8.42 Å². The molecule has 0 saturated carbocycles. The summed E-state index contributed by atoms with van der Waals surface area (Å²) in [5.74, 6) is -0.208. The molecule has 3 N–H and O–H groups in total. The molecule has 0 spiro atoms. The Bertz CT molecular complexity index is 896. The minimum absolute atomic E-state index is 0.0541. The second kappa shape index (κ2) is 5.62. The van der Waals surface area contributed by atoms with Crippen LogP contribution in [0, 0.1) is 19.8 Å². The van der Waals surface area contributed by atoms with Crippen LogP contribution in [-0.4, -0.2) is 24.5 Å². The number of anilines is 2. The van der Waals surface area contributed by atoms with E-state index in [2.05, 4.69) is 20.2 Å². The molecule has 24 heavy (non-hydrogen) atoms. The number of sulfonamides is 1. The molecule has 1 aromatic carbocycles. The quantitative estimate of drug-likeness (QED) is 0.789. The van der Waals surface area contributed by atoms with E-state index in [9.17, 15) is 13.2 Å². The molecule has 0 saturated heterocycles. The van der Waals surface area contributed by atoms with Crippen molar-refractivity contribution in [1.82, 2.24) is 10.2 Å². The lowest BCUT2D eigenvalue weighted by molar-refractivity contribution is -0.117. The molecule has 1 amide bonds. The number of nitrogens with zero attached hydrogens (tertiary/aromatic N) is 1. The van der Waals surface area contributed by atoms with E-state index in [1.165, 1.54) is 0 Å². The number of amides is 1. The molecule has 1 unspecified atom stereocenters. The van der Waals surface area contributed by atoms with E-state index < -0.39 is 10.0 Å². The summed E-state index contributed by atoms with van der Waals surface area (Å²) in [6.07, 6.45) is 0. The first kappa shape index (κ1) is 16.5. The summed E-state index contributed by atoms with van der Waals surface area (Å²) in [6.45, 7) is 7.23. The number of aryl methyl sites for hydroxylation is 2. The second-order valence-electron chi connectivity index (χ2n) is 6.38. The van der Waals surface area contributed by atoms with Gasteiger partial charge in [-0.2, -0.15) is 5.10 Å². The Labute approximate surface area is 140 Å². The highest BCUT2D eigenvalue weighted by Gasteiger charge is 2.33. The molecule has 0 bridgehead atoms. The van der Waals surface area contributed by atoms with Crippen LogP contribution in [0.3, 0.4) is 0 Å². The van der Waals surface area contributed by atoms with Crippen molar-refractivity contribution in [2.45, 2.75) is 38.5 Å². The van der Waals surface area contributed by atoms with Crippen LogP contribution in [0.5, 0.6) is 0 Å². The highest BCUT2D eigenvalue weighted by atomic mass is 32.2. The third-order valence-electron chi connectivity index (χ3n) is 4.18. The fourth-order valence-electron chi connectivity index (χ4n) is 3.15. The third kappa shape index (κ3) is 2.66. The van der Waals surface area contributed by atoms with Gasteiger partial charge in [0.2, 0.25) is 5.91 Å². The first-order chi connectivity index (χ1) is 11.2. The number of carbonyl (C=O) groups is 1. The van der Waals surface area contributed by atoms with Crippen molar-refractivity contribution in [1.29, 1.82) is 0 Å². The summed E-state index contributed by atoms with van der Waals surface area (Å²) in [4.78, 5) is 12.2. The van der Waals surface area contributed by atoms with Gasteiger partial charge < -0.3 is 5.32 Å². The SMILES string of the molecule is Cc1n[nH]c(C)c1S(=O)(=O)Nc1ccc2c(c1)C(C(C)C)C(=O)N2. The third-order valence-corrected chi connectivity index (χ3v) is 5.82. The second-order valence-corrected chi connectivity index (χ2v) is 8.00. The molecule has 128 valence electrons. The van der Waals surface area contributed by atoms with Crippen molar-refractivity contribution in [3.63, 3.8) is 0 Å². The van der Waals surface area contributed by atoms with Gasteiger partial charge in [0.25, 0.3) is 10.0 Å². The Morgan fingerprint density at radius 3 is 2.54 bits per heavy atom. The lowest BCUT2D eigenvalue weighted by Gasteiger charge is -2.14. The normalized spacial score (nSPS) is 17.0. The number of aromatic nitrogens is 2. The average Bonchev–Trinajstić information content (AvgIpc) is 2.97. The van der Waals surface area contributed by atoms with Crippen molar-refractivity contribution in [3.8, 4) is 0 Å². The summed E-state index contributed by atoms with van der Waals surface area (Å²) in [6, 6.07) is 5.09. The molecule has 0 fully saturated rings. The number of carbonyl (C=O) groups excluding carboxylic acids is 1. The first-order valence-electron chi connectivity index (χ1n) is 7.70. The highest BCUT2D eigenvalue weighted by molar-refractivity contribution is 7.92. The number of rotatable bonds is 4. The molecule has 0 aliphatic carbocycles. The number of fused-ring (bicyclic) bond motifs is 1. The van der Waals surface area contributed by atoms with E-state index in [-0.39, 0.29) is 22.6 Å². The molecule has 2 heterocycles. The largest absolute Gasteiger partial charge is 0.325 e. The van der Waals surface area contributed by atoms with Crippen LogP contribution < -0.4 is 10.0 Å². The number of benzene rings is 1. The topological polar surface area (TPSA) is 104 Å². The summed E-state index contributed by atoms with van der Waals surface area (Å²) >= 11 is 0. The van der Waals surface area contributed by atoms with Crippen molar-refractivity contribution < 1.29 is 13.2 Å². The Balaban J connectivity index is 1.97. The van der Waals surface area contributed by atoms with Crippen LogP contribution in [0.1, 0.15) is 36.7 Å². The standard InChI is InChI=1S/C16H20N4O3S/c1-8(2)14-12-7-11(5-6-13(12)17-16(14)21)20-24(22,23)15-9(3)18-19-10(15)4/h5-8,14,20H,1-4H3,(H,17,21)(H,18,19).